The minimum atomic E-state index is -0.184. The van der Waals surface area contributed by atoms with E-state index in [1.165, 1.54) is 11.6 Å². The van der Waals surface area contributed by atoms with Crippen molar-refractivity contribution in [3.8, 4) is 0 Å². The molecule has 0 spiro atoms. The summed E-state index contributed by atoms with van der Waals surface area (Å²) in [4.78, 5) is 11.0. The summed E-state index contributed by atoms with van der Waals surface area (Å²) in [5.41, 5.74) is 3.73. The Morgan fingerprint density at radius 3 is 2.82 bits per heavy atom. The van der Waals surface area contributed by atoms with E-state index in [1.807, 2.05) is 30.3 Å². The Kier molecular flexibility index (Phi) is 3.34. The number of carbonyl (C=O) groups is 1. The van der Waals surface area contributed by atoms with Crippen molar-refractivity contribution >= 4 is 18.1 Å². The molecule has 0 atom stereocenters. The van der Waals surface area contributed by atoms with Gasteiger partial charge in [-0.1, -0.05) is 30.3 Å². The molecule has 0 aliphatic carbocycles. The highest BCUT2D eigenvalue weighted by molar-refractivity contribution is 7.71. The van der Waals surface area contributed by atoms with Crippen molar-refractivity contribution < 1.29 is 4.79 Å². The Hall–Kier alpha value is -1.95. The molecule has 2 N–H and O–H groups in total. The number of aromatic amines is 1. The van der Waals surface area contributed by atoms with Crippen LogP contribution in [0.4, 0.5) is 0 Å². The molecular weight excluding hydrogens is 236 g/mol. The van der Waals surface area contributed by atoms with E-state index in [9.17, 15) is 4.79 Å². The molecular formula is C11H12N4OS. The van der Waals surface area contributed by atoms with Crippen LogP contribution in [0.1, 0.15) is 18.3 Å². The Balaban J connectivity index is 2.27. The first-order valence-corrected chi connectivity index (χ1v) is 5.55. The number of hydrogen-bond acceptors (Lipinski definition) is 3. The van der Waals surface area contributed by atoms with Crippen molar-refractivity contribution in [3.05, 3.63) is 46.5 Å². The van der Waals surface area contributed by atoms with Gasteiger partial charge < -0.3 is 0 Å². The summed E-state index contributed by atoms with van der Waals surface area (Å²) in [7, 11) is 0. The molecule has 0 radical (unpaired) electrons. The summed E-state index contributed by atoms with van der Waals surface area (Å²) >= 11 is 5.04. The lowest BCUT2D eigenvalue weighted by molar-refractivity contribution is -0.115. The average molecular weight is 248 g/mol. The molecule has 5 nitrogen and oxygen atoms in total. The molecule has 0 bridgehead atoms. The van der Waals surface area contributed by atoms with E-state index in [2.05, 4.69) is 15.6 Å². The van der Waals surface area contributed by atoms with E-state index >= 15 is 0 Å². The Labute approximate surface area is 103 Å². The maximum Gasteiger partial charge on any atom is 0.235 e. The number of rotatable bonds is 3. The molecule has 88 valence electrons. The molecule has 0 aliphatic rings. The van der Waals surface area contributed by atoms with E-state index in [-0.39, 0.29) is 5.91 Å². The molecule has 0 fully saturated rings. The topological polar surface area (TPSA) is 62.7 Å². The van der Waals surface area contributed by atoms with Crippen molar-refractivity contribution in [3.63, 3.8) is 0 Å². The van der Waals surface area contributed by atoms with Crippen LogP contribution in [0.15, 0.2) is 30.3 Å². The van der Waals surface area contributed by atoms with E-state index in [1.54, 1.807) is 0 Å². The Morgan fingerprint density at radius 2 is 2.18 bits per heavy atom. The number of hydrogen-bond donors (Lipinski definition) is 2. The SMILES string of the molecule is CC(=O)Nn1c(Cc2ccccc2)n[nH]c1=S. The van der Waals surface area contributed by atoms with Gasteiger partial charge in [-0.15, -0.1) is 0 Å². The second-order valence-electron chi connectivity index (χ2n) is 3.61. The van der Waals surface area contributed by atoms with Crippen LogP contribution < -0.4 is 5.43 Å². The van der Waals surface area contributed by atoms with Gasteiger partial charge in [0.05, 0.1) is 0 Å². The minimum absolute atomic E-state index is 0.184. The summed E-state index contributed by atoms with van der Waals surface area (Å²) in [6.07, 6.45) is 0.605. The molecule has 17 heavy (non-hydrogen) atoms. The van der Waals surface area contributed by atoms with Gasteiger partial charge in [0.25, 0.3) is 0 Å². The molecule has 0 unspecified atom stereocenters. The van der Waals surface area contributed by atoms with Crippen LogP contribution in [0.3, 0.4) is 0 Å². The summed E-state index contributed by atoms with van der Waals surface area (Å²) in [5.74, 6) is 0.494. The number of nitrogens with one attached hydrogen (secondary N) is 2. The number of aromatic nitrogens is 3. The van der Waals surface area contributed by atoms with Gasteiger partial charge in [0.1, 0.15) is 0 Å². The van der Waals surface area contributed by atoms with Crippen LogP contribution in [0, 0.1) is 4.77 Å². The zero-order chi connectivity index (χ0) is 12.3. The molecule has 1 aromatic carbocycles. The maximum atomic E-state index is 11.0. The number of nitrogens with zero attached hydrogens (tertiary/aromatic N) is 2. The lowest BCUT2D eigenvalue weighted by atomic mass is 10.1. The van der Waals surface area contributed by atoms with Crippen molar-refractivity contribution in [2.75, 3.05) is 5.43 Å². The number of H-pyrrole nitrogens is 1. The largest absolute Gasteiger partial charge is 0.274 e. The Bertz CT molecular complexity index is 573. The zero-order valence-electron chi connectivity index (χ0n) is 9.30. The standard InChI is InChI=1S/C11H12N4OS/c1-8(16)14-15-10(12-13-11(15)17)7-9-5-3-2-4-6-9/h2-6H,7H2,1H3,(H,13,17)(H,14,16). The molecule has 2 rings (SSSR count). The molecule has 1 heterocycles. The van der Waals surface area contributed by atoms with Gasteiger partial charge in [0, 0.05) is 13.3 Å². The van der Waals surface area contributed by atoms with E-state index in [4.69, 9.17) is 12.2 Å². The van der Waals surface area contributed by atoms with Crippen LogP contribution in [-0.2, 0) is 11.2 Å². The van der Waals surface area contributed by atoms with E-state index in [0.29, 0.717) is 17.0 Å². The van der Waals surface area contributed by atoms with Gasteiger partial charge in [-0.05, 0) is 17.8 Å². The molecule has 0 saturated heterocycles. The van der Waals surface area contributed by atoms with Crippen LogP contribution in [0.25, 0.3) is 0 Å². The fraction of sp³-hybridized carbons (Fsp3) is 0.182. The normalized spacial score (nSPS) is 10.2. The number of benzene rings is 1. The molecule has 1 amide bonds. The third-order valence-corrected chi connectivity index (χ3v) is 2.49. The average Bonchev–Trinajstić information content (AvgIpc) is 2.62. The lowest BCUT2D eigenvalue weighted by Crippen LogP contribution is -2.22. The fourth-order valence-electron chi connectivity index (χ4n) is 1.50. The highest BCUT2D eigenvalue weighted by Crippen LogP contribution is 2.06. The number of carbonyl (C=O) groups excluding carboxylic acids is 1. The first kappa shape index (κ1) is 11.5. The lowest BCUT2D eigenvalue weighted by Gasteiger charge is -2.06. The summed E-state index contributed by atoms with van der Waals surface area (Å²) in [6.45, 7) is 1.43. The first-order chi connectivity index (χ1) is 8.16. The smallest absolute Gasteiger partial charge is 0.235 e. The third kappa shape index (κ3) is 2.79. The Morgan fingerprint density at radius 1 is 1.47 bits per heavy atom. The van der Waals surface area contributed by atoms with Crippen molar-refractivity contribution in [1.29, 1.82) is 0 Å². The molecule has 1 aromatic heterocycles. The van der Waals surface area contributed by atoms with Crippen LogP contribution >= 0.6 is 12.2 Å². The van der Waals surface area contributed by atoms with E-state index < -0.39 is 0 Å². The van der Waals surface area contributed by atoms with Crippen LogP contribution in [-0.4, -0.2) is 20.8 Å². The predicted octanol–water partition coefficient (Wildman–Crippen LogP) is 1.62. The van der Waals surface area contributed by atoms with Gasteiger partial charge in [-0.3, -0.25) is 15.3 Å². The fourth-order valence-corrected chi connectivity index (χ4v) is 1.70. The summed E-state index contributed by atoms with van der Waals surface area (Å²) in [5, 5.41) is 6.76. The predicted molar refractivity (Wildman–Crippen MR) is 66.7 cm³/mol. The second kappa shape index (κ2) is 4.92. The monoisotopic (exact) mass is 248 g/mol. The summed E-state index contributed by atoms with van der Waals surface area (Å²) < 4.78 is 1.87. The van der Waals surface area contributed by atoms with Crippen molar-refractivity contribution in [1.82, 2.24) is 14.9 Å². The first-order valence-electron chi connectivity index (χ1n) is 5.14. The maximum absolute atomic E-state index is 11.0. The van der Waals surface area contributed by atoms with Gasteiger partial charge >= 0.3 is 0 Å². The zero-order valence-corrected chi connectivity index (χ0v) is 10.1. The highest BCUT2D eigenvalue weighted by atomic mass is 32.1. The number of amides is 1. The summed E-state index contributed by atoms with van der Waals surface area (Å²) in [6, 6.07) is 9.86. The quantitative estimate of drug-likeness (QED) is 0.811. The van der Waals surface area contributed by atoms with Gasteiger partial charge in [0.15, 0.2) is 5.82 Å². The molecule has 6 heteroatoms. The molecule has 0 saturated carbocycles. The van der Waals surface area contributed by atoms with Gasteiger partial charge in [-0.25, -0.2) is 4.68 Å². The van der Waals surface area contributed by atoms with Gasteiger partial charge in [0.2, 0.25) is 10.7 Å². The molecule has 2 aromatic rings. The third-order valence-electron chi connectivity index (χ3n) is 2.22. The van der Waals surface area contributed by atoms with Gasteiger partial charge in [-0.2, -0.15) is 5.10 Å². The minimum Gasteiger partial charge on any atom is -0.274 e. The molecule has 0 aliphatic heterocycles. The van der Waals surface area contributed by atoms with Crippen LogP contribution in [0.2, 0.25) is 0 Å². The van der Waals surface area contributed by atoms with Crippen molar-refractivity contribution in [2.45, 2.75) is 13.3 Å². The highest BCUT2D eigenvalue weighted by Gasteiger charge is 2.07. The second-order valence-corrected chi connectivity index (χ2v) is 4.00. The van der Waals surface area contributed by atoms with Crippen LogP contribution in [0.5, 0.6) is 0 Å². The van der Waals surface area contributed by atoms with Crippen molar-refractivity contribution in [2.24, 2.45) is 0 Å². The van der Waals surface area contributed by atoms with E-state index in [0.717, 1.165) is 5.56 Å².